The molecule has 21 heavy (non-hydrogen) atoms. The number of carbonyl (C=O) groups is 1. The number of fused-ring (bicyclic) bond motifs is 4. The maximum Gasteiger partial charge on any atom is 0.155 e. The highest BCUT2D eigenvalue weighted by atomic mass is 16.1. The lowest BCUT2D eigenvalue weighted by molar-refractivity contribution is -0.137. The lowest BCUT2D eigenvalue weighted by Crippen LogP contribution is -2.52. The van der Waals surface area contributed by atoms with Gasteiger partial charge >= 0.3 is 0 Å². The molecule has 2 aliphatic carbocycles. The van der Waals surface area contributed by atoms with Crippen LogP contribution in [0.4, 0.5) is 0 Å². The third-order valence-corrected chi connectivity index (χ3v) is 5.93. The Morgan fingerprint density at radius 2 is 2.10 bits per heavy atom. The van der Waals surface area contributed by atoms with Gasteiger partial charge in [-0.25, -0.2) is 9.50 Å². The highest BCUT2D eigenvalue weighted by Gasteiger charge is 2.54. The van der Waals surface area contributed by atoms with Gasteiger partial charge in [-0.05, 0) is 30.7 Å². The minimum absolute atomic E-state index is 0.0109. The van der Waals surface area contributed by atoms with Crippen LogP contribution < -0.4 is 0 Å². The Balaban J connectivity index is 1.92. The molecule has 1 fully saturated rings. The zero-order valence-corrected chi connectivity index (χ0v) is 12.9. The van der Waals surface area contributed by atoms with Gasteiger partial charge in [0.05, 0.1) is 11.9 Å². The van der Waals surface area contributed by atoms with Crippen molar-refractivity contribution in [2.24, 2.45) is 11.3 Å². The van der Waals surface area contributed by atoms with Gasteiger partial charge in [0.2, 0.25) is 0 Å². The topological polar surface area (TPSA) is 47.3 Å². The van der Waals surface area contributed by atoms with Crippen LogP contribution in [0.1, 0.15) is 51.3 Å². The Labute approximate surface area is 124 Å². The average Bonchev–Trinajstić information content (AvgIpc) is 2.89. The van der Waals surface area contributed by atoms with Crippen LogP contribution in [0.15, 0.2) is 18.5 Å². The molecule has 2 aromatic heterocycles. The molecule has 0 bridgehead atoms. The molecule has 2 heterocycles. The minimum atomic E-state index is -0.237. The molecular weight excluding hydrogens is 262 g/mol. The largest absolute Gasteiger partial charge is 0.299 e. The zero-order valence-electron chi connectivity index (χ0n) is 12.9. The van der Waals surface area contributed by atoms with Crippen molar-refractivity contribution < 1.29 is 4.79 Å². The molecule has 0 N–H and O–H groups in total. The zero-order chi connectivity index (χ0) is 14.8. The van der Waals surface area contributed by atoms with Crippen LogP contribution in [-0.2, 0) is 16.6 Å². The van der Waals surface area contributed by atoms with Crippen molar-refractivity contribution in [3.8, 4) is 0 Å². The smallest absolute Gasteiger partial charge is 0.155 e. The summed E-state index contributed by atoms with van der Waals surface area (Å²) >= 11 is 0. The summed E-state index contributed by atoms with van der Waals surface area (Å²) in [5.74, 6) is 0.801. The second kappa shape index (κ2) is 3.93. The lowest BCUT2D eigenvalue weighted by atomic mass is 9.51. The van der Waals surface area contributed by atoms with Gasteiger partial charge in [0.15, 0.2) is 5.65 Å². The highest BCUT2D eigenvalue weighted by Crippen LogP contribution is 2.55. The summed E-state index contributed by atoms with van der Waals surface area (Å²) in [5.41, 5.74) is 3.18. The molecule has 2 atom stereocenters. The molecule has 0 unspecified atom stereocenters. The van der Waals surface area contributed by atoms with Crippen molar-refractivity contribution in [2.45, 2.75) is 51.9 Å². The van der Waals surface area contributed by atoms with E-state index in [4.69, 9.17) is 4.98 Å². The van der Waals surface area contributed by atoms with Gasteiger partial charge < -0.3 is 0 Å². The second-order valence-corrected chi connectivity index (χ2v) is 7.40. The molecule has 1 saturated carbocycles. The van der Waals surface area contributed by atoms with E-state index in [2.05, 4.69) is 32.1 Å². The standard InChI is InChI=1S/C17H21N3O/c1-16(2)12-5-4-11-10-20-14(7-9-18-20)19-15(11)17(12,3)8-6-13(16)21/h7,9-10,12H,4-6,8H2,1-3H3/t12-,17-/m0/s1. The number of aryl methyl sites for hydroxylation is 1. The van der Waals surface area contributed by atoms with E-state index in [1.807, 2.05) is 10.6 Å². The van der Waals surface area contributed by atoms with E-state index in [9.17, 15) is 4.79 Å². The number of hydrogen-bond donors (Lipinski definition) is 0. The van der Waals surface area contributed by atoms with Crippen molar-refractivity contribution in [3.63, 3.8) is 0 Å². The Morgan fingerprint density at radius 3 is 2.90 bits per heavy atom. The fourth-order valence-electron chi connectivity index (χ4n) is 4.69. The summed E-state index contributed by atoms with van der Waals surface area (Å²) in [6.45, 7) is 6.56. The molecule has 4 nitrogen and oxygen atoms in total. The normalized spacial score (nSPS) is 31.0. The molecule has 2 aromatic rings. The summed E-state index contributed by atoms with van der Waals surface area (Å²) in [4.78, 5) is 17.3. The summed E-state index contributed by atoms with van der Waals surface area (Å²) in [6.07, 6.45) is 7.58. The van der Waals surface area contributed by atoms with Gasteiger partial charge in [0, 0.05) is 29.5 Å². The summed E-state index contributed by atoms with van der Waals surface area (Å²) < 4.78 is 1.86. The molecule has 4 rings (SSSR count). The van der Waals surface area contributed by atoms with E-state index in [0.29, 0.717) is 18.1 Å². The number of ketones is 1. The molecule has 110 valence electrons. The van der Waals surface area contributed by atoms with Gasteiger partial charge in [-0.3, -0.25) is 4.79 Å². The van der Waals surface area contributed by atoms with Crippen LogP contribution in [0, 0.1) is 11.3 Å². The first-order chi connectivity index (χ1) is 9.93. The molecule has 0 aliphatic heterocycles. The summed E-state index contributed by atoms with van der Waals surface area (Å²) in [7, 11) is 0. The van der Waals surface area contributed by atoms with Gasteiger partial charge in [-0.2, -0.15) is 5.10 Å². The number of rotatable bonds is 0. The van der Waals surface area contributed by atoms with E-state index in [1.165, 1.54) is 11.3 Å². The molecule has 2 aliphatic rings. The SMILES string of the molecule is CC1(C)C(=O)CC[C@]2(C)c3nc4ccnn4cc3CC[C@@H]12. The van der Waals surface area contributed by atoms with Gasteiger partial charge in [-0.1, -0.05) is 20.8 Å². The number of Topliss-reactive ketones (excluding diaryl/α,β-unsaturated/α-hetero) is 1. The Morgan fingerprint density at radius 1 is 1.29 bits per heavy atom. The maximum atomic E-state index is 12.4. The fraction of sp³-hybridized carbons (Fsp3) is 0.588. The first-order valence-electron chi connectivity index (χ1n) is 7.80. The monoisotopic (exact) mass is 283 g/mol. The molecular formula is C17H21N3O. The Bertz CT molecular complexity index is 746. The molecule has 0 aromatic carbocycles. The highest BCUT2D eigenvalue weighted by molar-refractivity contribution is 5.86. The van der Waals surface area contributed by atoms with Crippen molar-refractivity contribution in [1.82, 2.24) is 14.6 Å². The Hall–Kier alpha value is -1.71. The molecule has 0 radical (unpaired) electrons. The van der Waals surface area contributed by atoms with Crippen LogP contribution >= 0.6 is 0 Å². The van der Waals surface area contributed by atoms with Crippen molar-refractivity contribution in [2.75, 3.05) is 0 Å². The molecule has 0 amide bonds. The first kappa shape index (κ1) is 13.0. The lowest BCUT2D eigenvalue weighted by Gasteiger charge is -2.52. The van der Waals surface area contributed by atoms with Crippen LogP contribution in [0.25, 0.3) is 5.65 Å². The summed E-state index contributed by atoms with van der Waals surface area (Å²) in [6, 6.07) is 1.95. The number of nitrogens with zero attached hydrogens (tertiary/aromatic N) is 3. The van der Waals surface area contributed by atoms with E-state index in [1.54, 1.807) is 6.20 Å². The van der Waals surface area contributed by atoms with Crippen LogP contribution in [0.2, 0.25) is 0 Å². The van der Waals surface area contributed by atoms with Crippen molar-refractivity contribution in [3.05, 3.63) is 29.7 Å². The average molecular weight is 283 g/mol. The van der Waals surface area contributed by atoms with E-state index >= 15 is 0 Å². The fourth-order valence-corrected chi connectivity index (χ4v) is 4.69. The van der Waals surface area contributed by atoms with Crippen LogP contribution in [-0.4, -0.2) is 20.4 Å². The minimum Gasteiger partial charge on any atom is -0.299 e. The predicted molar refractivity (Wildman–Crippen MR) is 80.2 cm³/mol. The van der Waals surface area contributed by atoms with E-state index in [0.717, 1.165) is 24.9 Å². The van der Waals surface area contributed by atoms with Gasteiger partial charge in [-0.15, -0.1) is 0 Å². The van der Waals surface area contributed by atoms with Crippen molar-refractivity contribution in [1.29, 1.82) is 0 Å². The van der Waals surface area contributed by atoms with Crippen LogP contribution in [0.3, 0.4) is 0 Å². The van der Waals surface area contributed by atoms with E-state index in [-0.39, 0.29) is 10.8 Å². The predicted octanol–water partition coefficient (Wildman–Crippen LogP) is 2.94. The number of aromatic nitrogens is 3. The second-order valence-electron chi connectivity index (χ2n) is 7.40. The molecule has 0 spiro atoms. The van der Waals surface area contributed by atoms with Gasteiger partial charge in [0.25, 0.3) is 0 Å². The summed E-state index contributed by atoms with van der Waals surface area (Å²) in [5, 5.41) is 4.29. The van der Waals surface area contributed by atoms with Crippen LogP contribution in [0.5, 0.6) is 0 Å². The third-order valence-electron chi connectivity index (χ3n) is 5.93. The Kier molecular flexibility index (Phi) is 2.43. The van der Waals surface area contributed by atoms with Crippen molar-refractivity contribution >= 4 is 11.4 Å². The molecule has 4 heteroatoms. The molecule has 0 saturated heterocycles. The first-order valence-corrected chi connectivity index (χ1v) is 7.80. The maximum absolute atomic E-state index is 12.4. The van der Waals surface area contributed by atoms with E-state index < -0.39 is 0 Å². The number of hydrogen-bond acceptors (Lipinski definition) is 3. The number of carbonyl (C=O) groups excluding carboxylic acids is 1. The van der Waals surface area contributed by atoms with Gasteiger partial charge in [0.1, 0.15) is 5.78 Å². The third kappa shape index (κ3) is 1.59. The quantitative estimate of drug-likeness (QED) is 0.747.